The minimum Gasteiger partial charge on any atom is -0.444 e. The Labute approximate surface area is 183 Å². The highest BCUT2D eigenvalue weighted by Gasteiger charge is 2.28. The van der Waals surface area contributed by atoms with Gasteiger partial charge in [-0.1, -0.05) is 6.07 Å². The number of nitrogens with one attached hydrogen (secondary N) is 2. The molecule has 3 rings (SSSR count). The van der Waals surface area contributed by atoms with E-state index in [9.17, 15) is 9.18 Å². The Hall–Kier alpha value is -2.55. The van der Waals surface area contributed by atoms with Gasteiger partial charge in [-0.25, -0.2) is 9.18 Å². The maximum Gasteiger partial charge on any atom is 0.407 e. The number of ether oxygens (including phenoxy) is 2. The third-order valence-electron chi connectivity index (χ3n) is 5.23. The molecule has 31 heavy (non-hydrogen) atoms. The van der Waals surface area contributed by atoms with Crippen LogP contribution in [0.2, 0.25) is 0 Å². The Balaban J connectivity index is 1.50. The van der Waals surface area contributed by atoms with Crippen molar-refractivity contribution in [2.45, 2.75) is 45.4 Å². The van der Waals surface area contributed by atoms with Gasteiger partial charge in [-0.2, -0.15) is 0 Å². The first-order chi connectivity index (χ1) is 14.7. The molecule has 2 fully saturated rings. The summed E-state index contributed by atoms with van der Waals surface area (Å²) in [4.78, 5) is 20.4. The van der Waals surface area contributed by atoms with Crippen LogP contribution in [0.5, 0.6) is 0 Å². The standard InChI is InChI=1S/C22H34FN5O3/c1-22(2,3)31-21(29)26-17-7-8-28(15-17)20(24-4)25-14-16-5-6-19(18(23)13-16)27-9-11-30-12-10-27/h5-6,13,17H,7-12,14-15H2,1-4H3,(H,24,25)(H,26,29). The van der Waals surface area contributed by atoms with Crippen LogP contribution in [0.1, 0.15) is 32.8 Å². The van der Waals surface area contributed by atoms with Crippen molar-refractivity contribution in [1.82, 2.24) is 15.5 Å². The van der Waals surface area contributed by atoms with Crippen molar-refractivity contribution >= 4 is 17.7 Å². The van der Waals surface area contributed by atoms with Gasteiger partial charge in [0.05, 0.1) is 24.9 Å². The van der Waals surface area contributed by atoms with Crippen molar-refractivity contribution in [1.29, 1.82) is 0 Å². The molecule has 9 heteroatoms. The van der Waals surface area contributed by atoms with E-state index in [0.717, 1.165) is 24.5 Å². The van der Waals surface area contributed by atoms with Gasteiger partial charge in [0, 0.05) is 39.8 Å². The second-order valence-corrected chi connectivity index (χ2v) is 8.86. The molecule has 2 N–H and O–H groups in total. The summed E-state index contributed by atoms with van der Waals surface area (Å²) in [5.41, 5.74) is 0.942. The lowest BCUT2D eigenvalue weighted by molar-refractivity contribution is 0.0507. The van der Waals surface area contributed by atoms with Crippen LogP contribution in [0.15, 0.2) is 23.2 Å². The van der Waals surface area contributed by atoms with Crippen LogP contribution in [-0.4, -0.2) is 75.0 Å². The Morgan fingerprint density at radius 2 is 2.03 bits per heavy atom. The zero-order valence-electron chi connectivity index (χ0n) is 18.9. The summed E-state index contributed by atoms with van der Waals surface area (Å²) in [5, 5.41) is 6.21. The number of nitrogens with zero attached hydrogens (tertiary/aromatic N) is 3. The molecule has 0 radical (unpaired) electrons. The number of amides is 1. The molecule has 1 atom stereocenters. The zero-order chi connectivity index (χ0) is 22.4. The number of morpholine rings is 1. The number of hydrogen-bond acceptors (Lipinski definition) is 5. The first kappa shape index (κ1) is 23.1. The second-order valence-electron chi connectivity index (χ2n) is 8.86. The molecule has 2 aliphatic rings. The number of likely N-dealkylation sites (tertiary alicyclic amines) is 1. The fraction of sp³-hybridized carbons (Fsp3) is 0.636. The van der Waals surface area contributed by atoms with Crippen molar-refractivity contribution in [3.63, 3.8) is 0 Å². The van der Waals surface area contributed by atoms with E-state index < -0.39 is 11.7 Å². The van der Waals surface area contributed by atoms with Crippen molar-refractivity contribution in [3.8, 4) is 0 Å². The number of benzene rings is 1. The van der Waals surface area contributed by atoms with Crippen molar-refractivity contribution in [2.75, 3.05) is 51.3 Å². The number of halogens is 1. The predicted molar refractivity (Wildman–Crippen MR) is 119 cm³/mol. The number of aliphatic imine (C=N–C) groups is 1. The molecule has 172 valence electrons. The van der Waals surface area contributed by atoms with E-state index in [2.05, 4.69) is 20.5 Å². The van der Waals surface area contributed by atoms with Crippen molar-refractivity contribution in [3.05, 3.63) is 29.6 Å². The zero-order valence-corrected chi connectivity index (χ0v) is 18.9. The maximum absolute atomic E-state index is 14.6. The van der Waals surface area contributed by atoms with E-state index in [0.29, 0.717) is 45.1 Å². The topological polar surface area (TPSA) is 78.4 Å². The molecule has 2 saturated heterocycles. The lowest BCUT2D eigenvalue weighted by Crippen LogP contribution is -2.44. The monoisotopic (exact) mass is 435 g/mol. The fourth-order valence-corrected chi connectivity index (χ4v) is 3.78. The fourth-order valence-electron chi connectivity index (χ4n) is 3.78. The van der Waals surface area contributed by atoms with Gasteiger partial charge in [0.15, 0.2) is 5.96 Å². The molecule has 0 bridgehead atoms. The van der Waals surface area contributed by atoms with E-state index in [-0.39, 0.29) is 11.9 Å². The highest BCUT2D eigenvalue weighted by atomic mass is 19.1. The minimum atomic E-state index is -0.521. The highest BCUT2D eigenvalue weighted by Crippen LogP contribution is 2.21. The molecule has 0 aliphatic carbocycles. The van der Waals surface area contributed by atoms with E-state index in [1.165, 1.54) is 0 Å². The van der Waals surface area contributed by atoms with Crippen molar-refractivity contribution in [2.24, 2.45) is 4.99 Å². The number of alkyl carbamates (subject to hydrolysis) is 1. The SMILES string of the molecule is CN=C(NCc1ccc(N2CCOCC2)c(F)c1)N1CCC(NC(=O)OC(C)(C)C)C1. The van der Waals surface area contributed by atoms with Crippen LogP contribution >= 0.6 is 0 Å². The molecule has 1 amide bonds. The van der Waals surface area contributed by atoms with Crippen LogP contribution in [0.3, 0.4) is 0 Å². The minimum absolute atomic E-state index is 0.00125. The lowest BCUT2D eigenvalue weighted by atomic mass is 10.1. The van der Waals surface area contributed by atoms with Gasteiger partial charge >= 0.3 is 6.09 Å². The van der Waals surface area contributed by atoms with Gasteiger partial charge in [0.1, 0.15) is 11.4 Å². The molecule has 0 saturated carbocycles. The average molecular weight is 436 g/mol. The summed E-state index contributed by atoms with van der Waals surface area (Å²) in [6.45, 7) is 10.1. The quantitative estimate of drug-likeness (QED) is 0.558. The Morgan fingerprint density at radius 3 is 2.68 bits per heavy atom. The van der Waals surface area contributed by atoms with Crippen molar-refractivity contribution < 1.29 is 18.7 Å². The number of carbonyl (C=O) groups excluding carboxylic acids is 1. The van der Waals surface area contributed by atoms with Crippen LogP contribution in [0.25, 0.3) is 0 Å². The summed E-state index contributed by atoms with van der Waals surface area (Å²) < 4.78 is 25.3. The largest absolute Gasteiger partial charge is 0.444 e. The summed E-state index contributed by atoms with van der Waals surface area (Å²) in [5.74, 6) is 0.505. The second kappa shape index (κ2) is 10.2. The van der Waals surface area contributed by atoms with Crippen LogP contribution in [0, 0.1) is 5.82 Å². The molecule has 0 spiro atoms. The van der Waals surface area contributed by atoms with Crippen LogP contribution in [0.4, 0.5) is 14.9 Å². The van der Waals surface area contributed by atoms with E-state index in [1.807, 2.05) is 37.8 Å². The Kier molecular flexibility index (Phi) is 7.59. The van der Waals surface area contributed by atoms with E-state index in [4.69, 9.17) is 9.47 Å². The molecular weight excluding hydrogens is 401 g/mol. The highest BCUT2D eigenvalue weighted by molar-refractivity contribution is 5.80. The molecule has 0 aromatic heterocycles. The third-order valence-corrected chi connectivity index (χ3v) is 5.23. The summed E-state index contributed by atoms with van der Waals surface area (Å²) in [6, 6.07) is 5.34. The molecule has 1 aromatic rings. The lowest BCUT2D eigenvalue weighted by Gasteiger charge is -2.29. The number of hydrogen-bond donors (Lipinski definition) is 2. The maximum atomic E-state index is 14.6. The number of rotatable bonds is 4. The third kappa shape index (κ3) is 6.72. The normalized spacial score (nSPS) is 20.0. The summed E-state index contributed by atoms with van der Waals surface area (Å²) in [7, 11) is 1.72. The number of carbonyl (C=O) groups is 1. The molecule has 1 unspecified atom stereocenters. The summed E-state index contributed by atoms with van der Waals surface area (Å²) >= 11 is 0. The van der Waals surface area contributed by atoms with Gasteiger partial charge in [0.2, 0.25) is 0 Å². The molecule has 2 aliphatic heterocycles. The number of guanidine groups is 1. The van der Waals surface area contributed by atoms with Gasteiger partial charge in [-0.15, -0.1) is 0 Å². The van der Waals surface area contributed by atoms with Gasteiger partial charge in [-0.3, -0.25) is 4.99 Å². The van der Waals surface area contributed by atoms with Crippen LogP contribution in [-0.2, 0) is 16.0 Å². The first-order valence-corrected chi connectivity index (χ1v) is 10.8. The van der Waals surface area contributed by atoms with Gasteiger partial charge in [-0.05, 0) is 44.9 Å². The predicted octanol–water partition coefficient (Wildman–Crippen LogP) is 2.34. The van der Waals surface area contributed by atoms with Crippen LogP contribution < -0.4 is 15.5 Å². The molecule has 1 aromatic carbocycles. The Bertz CT molecular complexity index is 790. The van der Waals surface area contributed by atoms with E-state index in [1.54, 1.807) is 13.1 Å². The Morgan fingerprint density at radius 1 is 1.29 bits per heavy atom. The summed E-state index contributed by atoms with van der Waals surface area (Å²) in [6.07, 6.45) is 0.404. The first-order valence-electron chi connectivity index (χ1n) is 10.8. The smallest absolute Gasteiger partial charge is 0.407 e. The molecule has 2 heterocycles. The van der Waals surface area contributed by atoms with Gasteiger partial charge < -0.3 is 29.9 Å². The van der Waals surface area contributed by atoms with Gasteiger partial charge in [0.25, 0.3) is 0 Å². The molecular formula is C22H34FN5O3. The van der Waals surface area contributed by atoms with E-state index >= 15 is 0 Å². The molecule has 8 nitrogen and oxygen atoms in total. The number of anilines is 1. The average Bonchev–Trinajstić information content (AvgIpc) is 3.16.